The van der Waals surface area contributed by atoms with Gasteiger partial charge in [0, 0.05) is 18.2 Å². The molecule has 172 valence electrons. The van der Waals surface area contributed by atoms with Crippen LogP contribution in [0.3, 0.4) is 0 Å². The van der Waals surface area contributed by atoms with Crippen LogP contribution in [0.2, 0.25) is 5.02 Å². The number of carbonyl (C=O) groups excluding carboxylic acids is 2. The number of nitrogens with zero attached hydrogens (tertiary/aromatic N) is 1. The molecular weight excluding hydrogens is 466 g/mol. The first-order valence-electron chi connectivity index (χ1n) is 9.83. The Morgan fingerprint density at radius 1 is 1.00 bits per heavy atom. The van der Waals surface area contributed by atoms with Crippen molar-refractivity contribution in [2.45, 2.75) is 18.4 Å². The molecule has 7 nitrogen and oxygen atoms in total. The number of para-hydroxylation sites is 1. The second-order valence-corrected chi connectivity index (χ2v) is 9.49. The summed E-state index contributed by atoms with van der Waals surface area (Å²) < 4.78 is 37.9. The van der Waals surface area contributed by atoms with E-state index in [0.717, 1.165) is 4.31 Å². The summed E-state index contributed by atoms with van der Waals surface area (Å²) in [6, 6.07) is 17.2. The summed E-state index contributed by atoms with van der Waals surface area (Å²) in [7, 11) is -1.07. The van der Waals surface area contributed by atoms with E-state index >= 15 is 0 Å². The first kappa shape index (κ1) is 24.3. The van der Waals surface area contributed by atoms with Crippen LogP contribution in [-0.4, -0.2) is 34.3 Å². The smallest absolute Gasteiger partial charge is 0.340 e. The number of ketones is 1. The highest BCUT2D eigenvalue weighted by atomic mass is 35.5. The molecule has 0 aliphatic heterocycles. The highest BCUT2D eigenvalue weighted by molar-refractivity contribution is 7.92. The second kappa shape index (κ2) is 10.1. The van der Waals surface area contributed by atoms with Gasteiger partial charge in [-0.2, -0.15) is 0 Å². The van der Waals surface area contributed by atoms with Gasteiger partial charge >= 0.3 is 5.97 Å². The van der Waals surface area contributed by atoms with Gasteiger partial charge in [0.15, 0.2) is 5.78 Å². The third-order valence-corrected chi connectivity index (χ3v) is 7.09. The lowest BCUT2D eigenvalue weighted by atomic mass is 10.1. The molecule has 3 aromatic rings. The Morgan fingerprint density at radius 2 is 1.70 bits per heavy atom. The average molecular weight is 488 g/mol. The van der Waals surface area contributed by atoms with Gasteiger partial charge in [0.1, 0.15) is 12.4 Å². The number of hydrogen-bond acceptors (Lipinski definition) is 6. The van der Waals surface area contributed by atoms with Crippen LogP contribution in [0, 0.1) is 0 Å². The number of benzene rings is 3. The molecule has 0 saturated heterocycles. The lowest BCUT2D eigenvalue weighted by molar-refractivity contribution is 0.0470. The number of sulfonamides is 1. The van der Waals surface area contributed by atoms with Crippen molar-refractivity contribution in [2.75, 3.05) is 18.5 Å². The summed E-state index contributed by atoms with van der Waals surface area (Å²) in [6.45, 7) is 1.23. The number of rotatable bonds is 8. The Bertz CT molecular complexity index is 1290. The number of esters is 1. The summed E-state index contributed by atoms with van der Waals surface area (Å²) in [5, 5.41) is 0.0470. The van der Waals surface area contributed by atoms with Crippen LogP contribution in [-0.2, 0) is 21.4 Å². The molecule has 0 aliphatic rings. The molecule has 3 aromatic carbocycles. The molecule has 0 heterocycles. The minimum atomic E-state index is -3.95. The molecular formula is C24H22ClNO6S. The molecule has 0 fully saturated rings. The van der Waals surface area contributed by atoms with E-state index in [0.29, 0.717) is 22.6 Å². The quantitative estimate of drug-likeness (QED) is 0.337. The summed E-state index contributed by atoms with van der Waals surface area (Å²) in [5.74, 6) is -0.511. The number of carbonyl (C=O) groups is 2. The highest BCUT2D eigenvalue weighted by Gasteiger charge is 2.24. The predicted molar refractivity (Wildman–Crippen MR) is 126 cm³/mol. The minimum absolute atomic E-state index is 0.0470. The summed E-state index contributed by atoms with van der Waals surface area (Å²) in [6.07, 6.45) is 0. The molecule has 0 aliphatic carbocycles. The van der Waals surface area contributed by atoms with Gasteiger partial charge in [0.25, 0.3) is 10.0 Å². The maximum absolute atomic E-state index is 13.1. The third-order valence-electron chi connectivity index (χ3n) is 4.98. The Morgan fingerprint density at radius 3 is 2.33 bits per heavy atom. The zero-order valence-electron chi connectivity index (χ0n) is 18.2. The molecule has 0 amide bonds. The molecule has 0 N–H and O–H groups in total. The zero-order valence-corrected chi connectivity index (χ0v) is 19.8. The fraction of sp³-hybridized carbons (Fsp3) is 0.167. The van der Waals surface area contributed by atoms with E-state index in [-0.39, 0.29) is 27.9 Å². The van der Waals surface area contributed by atoms with Crippen molar-refractivity contribution in [1.82, 2.24) is 0 Å². The van der Waals surface area contributed by atoms with E-state index in [1.807, 2.05) is 0 Å². The molecule has 0 bridgehead atoms. The Balaban J connectivity index is 1.86. The highest BCUT2D eigenvalue weighted by Crippen LogP contribution is 2.27. The molecule has 0 saturated carbocycles. The minimum Gasteiger partial charge on any atom is -0.496 e. The van der Waals surface area contributed by atoms with Crippen LogP contribution in [0.5, 0.6) is 5.75 Å². The van der Waals surface area contributed by atoms with Crippen molar-refractivity contribution in [1.29, 1.82) is 0 Å². The van der Waals surface area contributed by atoms with Crippen LogP contribution >= 0.6 is 11.6 Å². The van der Waals surface area contributed by atoms with Crippen molar-refractivity contribution in [3.05, 3.63) is 88.4 Å². The van der Waals surface area contributed by atoms with E-state index in [4.69, 9.17) is 21.1 Å². The van der Waals surface area contributed by atoms with Crippen molar-refractivity contribution >= 4 is 39.1 Å². The third kappa shape index (κ3) is 5.35. The van der Waals surface area contributed by atoms with Crippen molar-refractivity contribution in [3.63, 3.8) is 0 Å². The maximum Gasteiger partial charge on any atom is 0.340 e. The van der Waals surface area contributed by atoms with Gasteiger partial charge < -0.3 is 9.47 Å². The van der Waals surface area contributed by atoms with Gasteiger partial charge in [-0.3, -0.25) is 9.10 Å². The largest absolute Gasteiger partial charge is 0.496 e. The second-order valence-electron chi connectivity index (χ2n) is 7.11. The number of Topliss-reactive ketones (excluding diaryl/α,β-unsaturated/α-hetero) is 1. The molecule has 33 heavy (non-hydrogen) atoms. The normalized spacial score (nSPS) is 11.0. The fourth-order valence-electron chi connectivity index (χ4n) is 3.09. The van der Waals surface area contributed by atoms with Crippen molar-refractivity contribution in [2.24, 2.45) is 0 Å². The van der Waals surface area contributed by atoms with Crippen molar-refractivity contribution in [3.8, 4) is 5.75 Å². The van der Waals surface area contributed by atoms with Gasteiger partial charge in [-0.05, 0) is 55.5 Å². The number of methoxy groups -OCH3 is 1. The number of anilines is 1. The van der Waals surface area contributed by atoms with Crippen LogP contribution in [0.1, 0.15) is 33.2 Å². The lowest BCUT2D eigenvalue weighted by Crippen LogP contribution is -2.26. The van der Waals surface area contributed by atoms with Gasteiger partial charge in [0.05, 0.1) is 28.3 Å². The average Bonchev–Trinajstić information content (AvgIpc) is 2.82. The molecule has 0 atom stereocenters. The Kier molecular flexibility index (Phi) is 7.40. The van der Waals surface area contributed by atoms with Gasteiger partial charge in [-0.1, -0.05) is 29.8 Å². The van der Waals surface area contributed by atoms with E-state index in [9.17, 15) is 18.0 Å². The van der Waals surface area contributed by atoms with Crippen LogP contribution < -0.4 is 9.04 Å². The fourth-order valence-corrected chi connectivity index (χ4v) is 4.50. The number of ether oxygens (including phenoxy) is 2. The summed E-state index contributed by atoms with van der Waals surface area (Å²) in [5.41, 5.74) is 1.30. The number of halogens is 1. The standard InChI is InChI=1S/C24H22ClNO6S/c1-16(27)17-9-12-23(31-3)18(13-17)15-32-24(28)21-14-20(10-11-22(21)25)33(29,30)26(2)19-7-5-4-6-8-19/h4-14H,15H2,1-3H3. The molecule has 9 heteroatoms. The number of hydrogen-bond donors (Lipinski definition) is 0. The van der Waals surface area contributed by atoms with Crippen LogP contribution in [0.4, 0.5) is 5.69 Å². The van der Waals surface area contributed by atoms with E-state index < -0.39 is 16.0 Å². The van der Waals surface area contributed by atoms with Gasteiger partial charge in [-0.15, -0.1) is 0 Å². The zero-order chi connectivity index (χ0) is 24.2. The molecule has 0 aromatic heterocycles. The molecule has 3 rings (SSSR count). The van der Waals surface area contributed by atoms with Crippen molar-refractivity contribution < 1.29 is 27.5 Å². The van der Waals surface area contributed by atoms with Gasteiger partial charge in [-0.25, -0.2) is 13.2 Å². The lowest BCUT2D eigenvalue weighted by Gasteiger charge is -2.20. The van der Waals surface area contributed by atoms with Gasteiger partial charge in [0.2, 0.25) is 0 Å². The maximum atomic E-state index is 13.1. The van der Waals surface area contributed by atoms with E-state index in [2.05, 4.69) is 0 Å². The van der Waals surface area contributed by atoms with Crippen LogP contribution in [0.15, 0.2) is 71.6 Å². The monoisotopic (exact) mass is 487 g/mol. The molecule has 0 unspecified atom stereocenters. The Labute approximate surface area is 197 Å². The molecule has 0 spiro atoms. The van der Waals surface area contributed by atoms with E-state index in [1.165, 1.54) is 39.3 Å². The predicted octanol–water partition coefficient (Wildman–Crippen LogP) is 4.73. The first-order chi connectivity index (χ1) is 15.6. The van der Waals surface area contributed by atoms with Crippen LogP contribution in [0.25, 0.3) is 0 Å². The summed E-state index contributed by atoms with van der Waals surface area (Å²) in [4.78, 5) is 24.3. The first-order valence-corrected chi connectivity index (χ1v) is 11.7. The SMILES string of the molecule is COc1ccc(C(C)=O)cc1COC(=O)c1cc(S(=O)(=O)N(C)c2ccccc2)ccc1Cl. The Hall–Kier alpha value is -3.36. The summed E-state index contributed by atoms with van der Waals surface area (Å²) >= 11 is 6.17. The van der Waals surface area contributed by atoms with E-state index in [1.54, 1.807) is 48.5 Å². The topological polar surface area (TPSA) is 90.0 Å². The molecule has 0 radical (unpaired) electrons.